The van der Waals surface area contributed by atoms with E-state index in [0.717, 1.165) is 29.4 Å². The zero-order chi connectivity index (χ0) is 22.0. The van der Waals surface area contributed by atoms with Crippen molar-refractivity contribution in [1.29, 1.82) is 0 Å². The molecule has 0 amide bonds. The lowest BCUT2D eigenvalue weighted by atomic mass is 10.1. The van der Waals surface area contributed by atoms with Crippen molar-refractivity contribution in [2.45, 2.75) is 25.9 Å². The third-order valence-electron chi connectivity index (χ3n) is 5.20. The number of ether oxygens (including phenoxy) is 3. The van der Waals surface area contributed by atoms with E-state index < -0.39 is 0 Å². The van der Waals surface area contributed by atoms with Gasteiger partial charge in [0.2, 0.25) is 0 Å². The molecular weight excluding hydrogens is 436 g/mol. The van der Waals surface area contributed by atoms with Gasteiger partial charge in [0.05, 0.1) is 37.6 Å². The van der Waals surface area contributed by atoms with Gasteiger partial charge in [-0.05, 0) is 33.0 Å². The fraction of sp³-hybridized carbons (Fsp3) is 0.455. The van der Waals surface area contributed by atoms with E-state index in [1.54, 1.807) is 18.4 Å². The maximum absolute atomic E-state index is 6.74. The second-order valence-corrected chi connectivity index (χ2v) is 9.08. The van der Waals surface area contributed by atoms with E-state index in [0.29, 0.717) is 47.0 Å². The van der Waals surface area contributed by atoms with Gasteiger partial charge in [-0.1, -0.05) is 11.6 Å². The molecule has 1 atom stereocenters. The number of fused-ring (bicyclic) bond motifs is 1. The monoisotopic (exact) mass is 462 g/mol. The third kappa shape index (κ3) is 4.87. The first-order chi connectivity index (χ1) is 15.0. The highest BCUT2D eigenvalue weighted by molar-refractivity contribution is 7.14. The summed E-state index contributed by atoms with van der Waals surface area (Å²) in [5.74, 6) is 1.29. The molecule has 7 nitrogen and oxygen atoms in total. The van der Waals surface area contributed by atoms with Gasteiger partial charge in [0.15, 0.2) is 5.13 Å². The smallest absolute Gasteiger partial charge is 0.183 e. The Hall–Kier alpha value is -2.13. The number of nitrogens with one attached hydrogen (secondary N) is 1. The van der Waals surface area contributed by atoms with Crippen LogP contribution in [0.4, 0.5) is 5.13 Å². The lowest BCUT2D eigenvalue weighted by molar-refractivity contribution is -0.0107. The van der Waals surface area contributed by atoms with Crippen molar-refractivity contribution in [1.82, 2.24) is 14.9 Å². The number of hydrogen-bond donors (Lipinski definition) is 1. The van der Waals surface area contributed by atoms with Crippen LogP contribution in [0.3, 0.4) is 0 Å². The average molecular weight is 463 g/mol. The summed E-state index contributed by atoms with van der Waals surface area (Å²) < 4.78 is 17.3. The summed E-state index contributed by atoms with van der Waals surface area (Å²) in [5.41, 5.74) is 2.11. The molecule has 0 aliphatic carbocycles. The Morgan fingerprint density at radius 1 is 1.29 bits per heavy atom. The minimum atomic E-state index is 0.191. The van der Waals surface area contributed by atoms with Crippen LogP contribution in [0.1, 0.15) is 13.8 Å². The molecule has 0 radical (unpaired) electrons. The number of pyridine rings is 1. The Labute approximate surface area is 191 Å². The van der Waals surface area contributed by atoms with Crippen molar-refractivity contribution in [3.05, 3.63) is 28.6 Å². The number of methoxy groups -OCH3 is 1. The SMILES string of the molecule is COc1cc(-c2csc(NC(C)C)n2)nc2c(Cl)c(OC[C@H]3COCCN3C)ccc12. The molecule has 0 bridgehead atoms. The molecule has 1 aliphatic heterocycles. The molecule has 4 rings (SSSR count). The molecule has 0 spiro atoms. The molecule has 1 fully saturated rings. The van der Waals surface area contributed by atoms with Crippen LogP contribution in [0.25, 0.3) is 22.3 Å². The van der Waals surface area contributed by atoms with E-state index in [1.807, 2.05) is 23.6 Å². The summed E-state index contributed by atoms with van der Waals surface area (Å²) in [6.07, 6.45) is 0. The summed E-state index contributed by atoms with van der Waals surface area (Å²) in [6.45, 7) is 6.95. The predicted octanol–water partition coefficient (Wildman–Crippen LogP) is 4.55. The molecule has 3 aromatic rings. The average Bonchev–Trinajstić information content (AvgIpc) is 3.21. The molecule has 1 N–H and O–H groups in total. The van der Waals surface area contributed by atoms with Gasteiger partial charge in [-0.3, -0.25) is 4.90 Å². The Morgan fingerprint density at radius 3 is 2.87 bits per heavy atom. The Kier molecular flexibility index (Phi) is 6.81. The van der Waals surface area contributed by atoms with Crippen LogP contribution in [0, 0.1) is 0 Å². The van der Waals surface area contributed by atoms with Crippen LogP contribution >= 0.6 is 22.9 Å². The maximum atomic E-state index is 6.74. The number of hydrogen-bond acceptors (Lipinski definition) is 8. The number of anilines is 1. The van der Waals surface area contributed by atoms with Gasteiger partial charge in [-0.25, -0.2) is 9.97 Å². The second-order valence-electron chi connectivity index (χ2n) is 7.84. The lowest BCUT2D eigenvalue weighted by Crippen LogP contribution is -2.46. The van der Waals surface area contributed by atoms with Crippen LogP contribution in [0.2, 0.25) is 5.02 Å². The Morgan fingerprint density at radius 2 is 2.13 bits per heavy atom. The molecular formula is C22H27ClN4O3S. The Bertz CT molecular complexity index is 1060. The molecule has 3 heterocycles. The van der Waals surface area contributed by atoms with Crippen molar-refractivity contribution >= 4 is 39.0 Å². The molecule has 2 aromatic heterocycles. The summed E-state index contributed by atoms with van der Waals surface area (Å²) in [5, 5.41) is 7.45. The zero-order valence-corrected chi connectivity index (χ0v) is 19.7. The van der Waals surface area contributed by atoms with Crippen LogP contribution in [-0.4, -0.2) is 67.5 Å². The highest BCUT2D eigenvalue weighted by Crippen LogP contribution is 2.38. The van der Waals surface area contributed by atoms with Gasteiger partial charge in [-0.15, -0.1) is 11.3 Å². The number of rotatable bonds is 7. The predicted molar refractivity (Wildman–Crippen MR) is 126 cm³/mol. The number of morpholine rings is 1. The number of halogens is 1. The van der Waals surface area contributed by atoms with Gasteiger partial charge in [0.25, 0.3) is 0 Å². The van der Waals surface area contributed by atoms with Crippen LogP contribution in [-0.2, 0) is 4.74 Å². The van der Waals surface area contributed by atoms with Gasteiger partial charge in [-0.2, -0.15) is 0 Å². The lowest BCUT2D eigenvalue weighted by Gasteiger charge is -2.32. The van der Waals surface area contributed by atoms with Crippen molar-refractivity contribution in [3.8, 4) is 22.9 Å². The summed E-state index contributed by atoms with van der Waals surface area (Å²) in [7, 11) is 3.72. The van der Waals surface area contributed by atoms with Crippen LogP contribution < -0.4 is 14.8 Å². The molecule has 31 heavy (non-hydrogen) atoms. The first-order valence-corrected chi connectivity index (χ1v) is 11.5. The standard InChI is InChI=1S/C22H27ClN4O3S/c1-13(2)24-22-26-17(12-31-22)16-9-19(28-4)15-5-6-18(20(23)21(15)25-16)30-11-14-10-29-8-7-27(14)3/h5-6,9,12-14H,7-8,10-11H2,1-4H3,(H,24,26)/t14-/m1/s1. The first-order valence-electron chi connectivity index (χ1n) is 10.3. The van der Waals surface area contributed by atoms with Gasteiger partial charge in [0, 0.05) is 29.4 Å². The van der Waals surface area contributed by atoms with E-state index in [4.69, 9.17) is 30.8 Å². The third-order valence-corrected chi connectivity index (χ3v) is 6.34. The second kappa shape index (κ2) is 9.56. The number of thiazole rings is 1. The molecule has 9 heteroatoms. The van der Waals surface area contributed by atoms with Gasteiger partial charge >= 0.3 is 0 Å². The highest BCUT2D eigenvalue weighted by atomic mass is 35.5. The fourth-order valence-electron chi connectivity index (χ4n) is 3.42. The summed E-state index contributed by atoms with van der Waals surface area (Å²) >= 11 is 8.29. The minimum Gasteiger partial charge on any atom is -0.496 e. The number of likely N-dealkylation sites (N-methyl/N-ethyl adjacent to an activating group) is 1. The first kappa shape index (κ1) is 22.1. The molecule has 0 saturated carbocycles. The Balaban J connectivity index is 1.65. The van der Waals surface area contributed by atoms with Gasteiger partial charge < -0.3 is 19.5 Å². The van der Waals surface area contributed by atoms with Crippen LogP contribution in [0.5, 0.6) is 11.5 Å². The van der Waals surface area contributed by atoms with E-state index in [-0.39, 0.29) is 6.04 Å². The van der Waals surface area contributed by atoms with Crippen molar-refractivity contribution < 1.29 is 14.2 Å². The number of benzene rings is 1. The largest absolute Gasteiger partial charge is 0.496 e. The molecule has 1 aromatic carbocycles. The van der Waals surface area contributed by atoms with Gasteiger partial charge in [0.1, 0.15) is 28.8 Å². The van der Waals surface area contributed by atoms with E-state index in [1.165, 1.54) is 0 Å². The molecule has 0 unspecified atom stereocenters. The van der Waals surface area contributed by atoms with Crippen molar-refractivity contribution in [2.24, 2.45) is 0 Å². The van der Waals surface area contributed by atoms with E-state index >= 15 is 0 Å². The fourth-order valence-corrected chi connectivity index (χ4v) is 4.54. The van der Waals surface area contributed by atoms with E-state index in [2.05, 4.69) is 36.1 Å². The minimum absolute atomic E-state index is 0.191. The number of nitrogens with zero attached hydrogens (tertiary/aromatic N) is 3. The zero-order valence-electron chi connectivity index (χ0n) is 18.1. The summed E-state index contributed by atoms with van der Waals surface area (Å²) in [6, 6.07) is 6.19. The molecule has 1 aliphatic rings. The van der Waals surface area contributed by atoms with E-state index in [9.17, 15) is 0 Å². The normalized spacial score (nSPS) is 17.3. The van der Waals surface area contributed by atoms with Crippen molar-refractivity contribution in [3.63, 3.8) is 0 Å². The van der Waals surface area contributed by atoms with Crippen molar-refractivity contribution in [2.75, 3.05) is 45.8 Å². The molecule has 166 valence electrons. The van der Waals surface area contributed by atoms with Crippen LogP contribution in [0.15, 0.2) is 23.6 Å². The topological polar surface area (TPSA) is 68.7 Å². The quantitative estimate of drug-likeness (QED) is 0.552. The highest BCUT2D eigenvalue weighted by Gasteiger charge is 2.21. The number of aromatic nitrogens is 2. The molecule has 1 saturated heterocycles. The summed E-state index contributed by atoms with van der Waals surface area (Å²) in [4.78, 5) is 11.7. The maximum Gasteiger partial charge on any atom is 0.183 e.